The van der Waals surface area contributed by atoms with Crippen molar-refractivity contribution in [2.24, 2.45) is 5.92 Å². The Labute approximate surface area is 90.7 Å². The van der Waals surface area contributed by atoms with Gasteiger partial charge in [-0.1, -0.05) is 46.5 Å². The Balaban J connectivity index is 3.62. The van der Waals surface area contributed by atoms with Crippen LogP contribution in [0, 0.1) is 5.92 Å². The fourth-order valence-corrected chi connectivity index (χ4v) is 2.00. The average Bonchev–Trinajstić information content (AvgIpc) is 2.21. The highest BCUT2D eigenvalue weighted by Gasteiger charge is 2.13. The highest BCUT2D eigenvalue weighted by molar-refractivity contribution is 4.70. The van der Waals surface area contributed by atoms with Gasteiger partial charge < -0.3 is 5.32 Å². The second kappa shape index (κ2) is 9.51. The topological polar surface area (TPSA) is 12.0 Å². The van der Waals surface area contributed by atoms with E-state index in [9.17, 15) is 0 Å². The zero-order valence-corrected chi connectivity index (χ0v) is 10.6. The third-order valence-electron chi connectivity index (χ3n) is 3.13. The maximum atomic E-state index is 3.61. The van der Waals surface area contributed by atoms with E-state index in [0.29, 0.717) is 6.04 Å². The minimum Gasteiger partial charge on any atom is -0.314 e. The van der Waals surface area contributed by atoms with E-state index < -0.39 is 0 Å². The smallest absolute Gasteiger partial charge is 0.00668 e. The molecule has 1 N–H and O–H groups in total. The lowest BCUT2D eigenvalue weighted by Crippen LogP contribution is -2.33. The van der Waals surface area contributed by atoms with E-state index in [4.69, 9.17) is 0 Å². The number of hydrogen-bond donors (Lipinski definition) is 1. The van der Waals surface area contributed by atoms with E-state index in [1.54, 1.807) is 0 Å². The van der Waals surface area contributed by atoms with E-state index in [2.05, 4.69) is 33.0 Å². The van der Waals surface area contributed by atoms with Crippen LogP contribution in [0.15, 0.2) is 0 Å². The molecule has 1 nitrogen and oxygen atoms in total. The lowest BCUT2D eigenvalue weighted by Gasteiger charge is -2.23. The Morgan fingerprint density at radius 1 is 1.00 bits per heavy atom. The molecule has 2 unspecified atom stereocenters. The predicted octanol–water partition coefficient (Wildman–Crippen LogP) is 3.98. The standard InChI is InChI=1S/C13H29N/c1-5-8-9-10-13(7-3)12(4)14-11-6-2/h12-14H,5-11H2,1-4H3. The summed E-state index contributed by atoms with van der Waals surface area (Å²) in [6, 6.07) is 0.705. The molecule has 0 aromatic rings. The van der Waals surface area contributed by atoms with Gasteiger partial charge in [0.15, 0.2) is 0 Å². The molecule has 0 aliphatic rings. The first-order valence-electron chi connectivity index (χ1n) is 6.49. The molecule has 0 aliphatic carbocycles. The summed E-state index contributed by atoms with van der Waals surface area (Å²) in [6.07, 6.45) is 8.12. The third-order valence-corrected chi connectivity index (χ3v) is 3.13. The predicted molar refractivity (Wildman–Crippen MR) is 65.7 cm³/mol. The van der Waals surface area contributed by atoms with Crippen molar-refractivity contribution in [3.05, 3.63) is 0 Å². The van der Waals surface area contributed by atoms with Crippen molar-refractivity contribution in [2.75, 3.05) is 6.54 Å². The summed E-state index contributed by atoms with van der Waals surface area (Å²) >= 11 is 0. The highest BCUT2D eigenvalue weighted by Crippen LogP contribution is 2.17. The van der Waals surface area contributed by atoms with Gasteiger partial charge >= 0.3 is 0 Å². The molecule has 0 saturated heterocycles. The number of rotatable bonds is 9. The Hall–Kier alpha value is -0.0400. The number of unbranched alkanes of at least 4 members (excludes halogenated alkanes) is 2. The molecule has 14 heavy (non-hydrogen) atoms. The SMILES string of the molecule is CCCCCC(CC)C(C)NCCC. The molecular formula is C13H29N. The van der Waals surface area contributed by atoms with Crippen molar-refractivity contribution >= 4 is 0 Å². The second-order valence-electron chi connectivity index (χ2n) is 4.41. The molecular weight excluding hydrogens is 170 g/mol. The molecule has 0 amide bonds. The molecule has 0 saturated carbocycles. The molecule has 0 rings (SSSR count). The molecule has 86 valence electrons. The molecule has 0 fully saturated rings. The van der Waals surface area contributed by atoms with Gasteiger partial charge in [0.2, 0.25) is 0 Å². The Morgan fingerprint density at radius 2 is 1.71 bits per heavy atom. The maximum Gasteiger partial charge on any atom is 0.00668 e. The van der Waals surface area contributed by atoms with Crippen LogP contribution in [0.4, 0.5) is 0 Å². The average molecular weight is 199 g/mol. The van der Waals surface area contributed by atoms with Gasteiger partial charge in [0.25, 0.3) is 0 Å². The van der Waals surface area contributed by atoms with Gasteiger partial charge in [-0.05, 0) is 32.2 Å². The molecule has 0 aromatic heterocycles. The van der Waals surface area contributed by atoms with E-state index in [1.165, 1.54) is 45.1 Å². The summed E-state index contributed by atoms with van der Waals surface area (Å²) in [6.45, 7) is 10.3. The van der Waals surface area contributed by atoms with Crippen molar-refractivity contribution in [2.45, 2.75) is 72.3 Å². The molecule has 1 heteroatoms. The van der Waals surface area contributed by atoms with Crippen LogP contribution in [-0.4, -0.2) is 12.6 Å². The lowest BCUT2D eigenvalue weighted by atomic mass is 9.92. The van der Waals surface area contributed by atoms with Crippen LogP contribution in [0.5, 0.6) is 0 Å². The first-order chi connectivity index (χ1) is 6.76. The fraction of sp³-hybridized carbons (Fsp3) is 1.00. The molecule has 0 aliphatic heterocycles. The summed E-state index contributed by atoms with van der Waals surface area (Å²) in [5, 5.41) is 3.61. The molecule has 2 atom stereocenters. The Bertz CT molecular complexity index is 112. The van der Waals surface area contributed by atoms with Gasteiger partial charge in [-0.15, -0.1) is 0 Å². The monoisotopic (exact) mass is 199 g/mol. The summed E-state index contributed by atoms with van der Waals surface area (Å²) in [4.78, 5) is 0. The van der Waals surface area contributed by atoms with Gasteiger partial charge in [0, 0.05) is 6.04 Å². The van der Waals surface area contributed by atoms with E-state index in [-0.39, 0.29) is 0 Å². The van der Waals surface area contributed by atoms with Crippen molar-refractivity contribution in [1.29, 1.82) is 0 Å². The Kier molecular flexibility index (Phi) is 9.49. The molecule has 0 heterocycles. The van der Waals surface area contributed by atoms with Gasteiger partial charge in [0.05, 0.1) is 0 Å². The van der Waals surface area contributed by atoms with E-state index >= 15 is 0 Å². The van der Waals surface area contributed by atoms with Crippen molar-refractivity contribution in [3.63, 3.8) is 0 Å². The first kappa shape index (κ1) is 14.0. The number of hydrogen-bond acceptors (Lipinski definition) is 1. The summed E-state index contributed by atoms with van der Waals surface area (Å²) in [5.41, 5.74) is 0. The van der Waals surface area contributed by atoms with Crippen LogP contribution in [0.2, 0.25) is 0 Å². The summed E-state index contributed by atoms with van der Waals surface area (Å²) in [7, 11) is 0. The van der Waals surface area contributed by atoms with Gasteiger partial charge in [-0.3, -0.25) is 0 Å². The minimum atomic E-state index is 0.705. The zero-order chi connectivity index (χ0) is 10.8. The summed E-state index contributed by atoms with van der Waals surface area (Å²) < 4.78 is 0. The fourth-order valence-electron chi connectivity index (χ4n) is 2.00. The lowest BCUT2D eigenvalue weighted by molar-refractivity contribution is 0.334. The van der Waals surface area contributed by atoms with Crippen molar-refractivity contribution < 1.29 is 0 Å². The van der Waals surface area contributed by atoms with Crippen LogP contribution in [0.3, 0.4) is 0 Å². The number of nitrogens with one attached hydrogen (secondary N) is 1. The first-order valence-corrected chi connectivity index (χ1v) is 6.49. The molecule has 0 spiro atoms. The van der Waals surface area contributed by atoms with Crippen molar-refractivity contribution in [3.8, 4) is 0 Å². The van der Waals surface area contributed by atoms with Crippen LogP contribution >= 0.6 is 0 Å². The van der Waals surface area contributed by atoms with Crippen molar-refractivity contribution in [1.82, 2.24) is 5.32 Å². The summed E-state index contributed by atoms with van der Waals surface area (Å²) in [5.74, 6) is 0.882. The van der Waals surface area contributed by atoms with Crippen LogP contribution in [-0.2, 0) is 0 Å². The third kappa shape index (κ3) is 6.42. The van der Waals surface area contributed by atoms with Gasteiger partial charge in [0.1, 0.15) is 0 Å². The van der Waals surface area contributed by atoms with E-state index in [1.807, 2.05) is 0 Å². The normalized spacial score (nSPS) is 15.4. The van der Waals surface area contributed by atoms with Gasteiger partial charge in [-0.25, -0.2) is 0 Å². The van der Waals surface area contributed by atoms with Crippen LogP contribution in [0.1, 0.15) is 66.2 Å². The zero-order valence-electron chi connectivity index (χ0n) is 10.6. The van der Waals surface area contributed by atoms with Crippen LogP contribution in [0.25, 0.3) is 0 Å². The Morgan fingerprint density at radius 3 is 2.21 bits per heavy atom. The van der Waals surface area contributed by atoms with E-state index in [0.717, 1.165) is 5.92 Å². The van der Waals surface area contributed by atoms with Gasteiger partial charge in [-0.2, -0.15) is 0 Å². The highest BCUT2D eigenvalue weighted by atomic mass is 14.9. The minimum absolute atomic E-state index is 0.705. The largest absolute Gasteiger partial charge is 0.314 e. The quantitative estimate of drug-likeness (QED) is 0.554. The maximum absolute atomic E-state index is 3.61. The second-order valence-corrected chi connectivity index (χ2v) is 4.41. The molecule has 0 bridgehead atoms. The van der Waals surface area contributed by atoms with Crippen LogP contribution < -0.4 is 5.32 Å². The molecule has 0 radical (unpaired) electrons. The molecule has 0 aromatic carbocycles.